The summed E-state index contributed by atoms with van der Waals surface area (Å²) in [5, 5.41) is 10.7. The van der Waals surface area contributed by atoms with Gasteiger partial charge in [0.25, 0.3) is 0 Å². The second-order valence-corrected chi connectivity index (χ2v) is 5.44. The van der Waals surface area contributed by atoms with Crippen LogP contribution < -0.4 is 0 Å². The van der Waals surface area contributed by atoms with Crippen molar-refractivity contribution < 1.29 is 19.5 Å². The van der Waals surface area contributed by atoms with Gasteiger partial charge in [-0.05, 0) is 34.1 Å². The SMILES string of the molecule is CC(=O)ON1C(C)(C)CC(C(=O)O)C1(C)C. The lowest BCUT2D eigenvalue weighted by Gasteiger charge is -2.38. The van der Waals surface area contributed by atoms with Crippen LogP contribution in [0.5, 0.6) is 0 Å². The highest BCUT2D eigenvalue weighted by Crippen LogP contribution is 2.45. The fourth-order valence-corrected chi connectivity index (χ4v) is 2.51. The molecule has 0 amide bonds. The number of carboxylic acid groups (broad SMARTS) is 1. The molecule has 16 heavy (non-hydrogen) atoms. The molecule has 1 N–H and O–H groups in total. The van der Waals surface area contributed by atoms with E-state index in [-0.39, 0.29) is 0 Å². The van der Waals surface area contributed by atoms with Gasteiger partial charge in [-0.1, -0.05) is 0 Å². The zero-order chi connectivity index (χ0) is 12.7. The first kappa shape index (κ1) is 13.0. The largest absolute Gasteiger partial charge is 0.481 e. The Balaban J connectivity index is 3.05. The maximum atomic E-state index is 11.2. The third kappa shape index (κ3) is 2.04. The van der Waals surface area contributed by atoms with Crippen LogP contribution >= 0.6 is 0 Å². The lowest BCUT2D eigenvalue weighted by molar-refractivity contribution is -0.235. The number of hydroxylamine groups is 2. The summed E-state index contributed by atoms with van der Waals surface area (Å²) < 4.78 is 0. The second kappa shape index (κ2) is 3.73. The molecule has 0 aromatic heterocycles. The van der Waals surface area contributed by atoms with Gasteiger partial charge in [-0.25, -0.2) is 0 Å². The number of hydrogen-bond donors (Lipinski definition) is 1. The van der Waals surface area contributed by atoms with E-state index in [1.54, 1.807) is 13.8 Å². The van der Waals surface area contributed by atoms with Crippen LogP contribution in [0.1, 0.15) is 41.0 Å². The standard InChI is InChI=1S/C11H19NO4/c1-7(13)16-12-10(2,3)6-8(9(14)15)11(12,4)5/h8H,6H2,1-5H3,(H,14,15). The summed E-state index contributed by atoms with van der Waals surface area (Å²) in [6.45, 7) is 8.63. The molecule has 1 aliphatic heterocycles. The van der Waals surface area contributed by atoms with Crippen molar-refractivity contribution in [2.45, 2.75) is 52.1 Å². The number of aliphatic carboxylic acids is 1. The Labute approximate surface area is 95.3 Å². The summed E-state index contributed by atoms with van der Waals surface area (Å²) >= 11 is 0. The number of carbonyl (C=O) groups is 2. The van der Waals surface area contributed by atoms with Gasteiger partial charge in [0.05, 0.1) is 17.0 Å². The Bertz CT molecular complexity index is 322. The van der Waals surface area contributed by atoms with Gasteiger partial charge in [0.2, 0.25) is 0 Å². The minimum absolute atomic E-state index is 0.424. The Morgan fingerprint density at radius 3 is 2.12 bits per heavy atom. The molecule has 0 saturated carbocycles. The average molecular weight is 229 g/mol. The Hall–Kier alpha value is -1.10. The minimum Gasteiger partial charge on any atom is -0.481 e. The number of nitrogens with zero attached hydrogens (tertiary/aromatic N) is 1. The Kier molecular flexibility index (Phi) is 3.02. The summed E-state index contributed by atoms with van der Waals surface area (Å²) in [7, 11) is 0. The Morgan fingerprint density at radius 1 is 1.31 bits per heavy atom. The van der Waals surface area contributed by atoms with Gasteiger partial charge in [-0.3, -0.25) is 9.59 Å². The molecule has 5 heteroatoms. The van der Waals surface area contributed by atoms with Crippen molar-refractivity contribution in [3.63, 3.8) is 0 Å². The van der Waals surface area contributed by atoms with Gasteiger partial charge in [-0.2, -0.15) is 0 Å². The van der Waals surface area contributed by atoms with E-state index >= 15 is 0 Å². The van der Waals surface area contributed by atoms with Gasteiger partial charge < -0.3 is 9.94 Å². The predicted octanol–water partition coefficient (Wildman–Crippen LogP) is 1.43. The van der Waals surface area contributed by atoms with Crippen LogP contribution in [-0.4, -0.2) is 33.2 Å². The first-order chi connectivity index (χ1) is 7.09. The molecule has 1 fully saturated rings. The van der Waals surface area contributed by atoms with Crippen molar-refractivity contribution in [2.75, 3.05) is 0 Å². The van der Waals surface area contributed by atoms with Crippen molar-refractivity contribution in [3.8, 4) is 0 Å². The number of carboxylic acids is 1. The molecule has 1 saturated heterocycles. The van der Waals surface area contributed by atoms with Gasteiger partial charge in [0.1, 0.15) is 0 Å². The topological polar surface area (TPSA) is 66.8 Å². The summed E-state index contributed by atoms with van der Waals surface area (Å²) in [6, 6.07) is 0. The fourth-order valence-electron chi connectivity index (χ4n) is 2.51. The highest BCUT2D eigenvalue weighted by Gasteiger charge is 2.56. The molecule has 0 aliphatic carbocycles. The van der Waals surface area contributed by atoms with Crippen LogP contribution in [0.15, 0.2) is 0 Å². The fraction of sp³-hybridized carbons (Fsp3) is 0.818. The second-order valence-electron chi connectivity index (χ2n) is 5.44. The zero-order valence-corrected chi connectivity index (χ0v) is 10.4. The quantitative estimate of drug-likeness (QED) is 0.775. The van der Waals surface area contributed by atoms with E-state index in [4.69, 9.17) is 9.94 Å². The highest BCUT2D eigenvalue weighted by atomic mass is 16.7. The van der Waals surface area contributed by atoms with Gasteiger partial charge in [0.15, 0.2) is 0 Å². The van der Waals surface area contributed by atoms with Gasteiger partial charge in [0, 0.05) is 6.92 Å². The highest BCUT2D eigenvalue weighted by molar-refractivity contribution is 5.73. The maximum Gasteiger partial charge on any atom is 0.322 e. The molecular formula is C11H19NO4. The molecule has 0 radical (unpaired) electrons. The first-order valence-electron chi connectivity index (χ1n) is 5.30. The van der Waals surface area contributed by atoms with Crippen molar-refractivity contribution in [3.05, 3.63) is 0 Å². The summed E-state index contributed by atoms with van der Waals surface area (Å²) in [5.74, 6) is -1.82. The molecule has 1 heterocycles. The van der Waals surface area contributed by atoms with E-state index in [9.17, 15) is 9.59 Å². The predicted molar refractivity (Wildman–Crippen MR) is 57.5 cm³/mol. The zero-order valence-electron chi connectivity index (χ0n) is 10.4. The summed E-state index contributed by atoms with van der Waals surface area (Å²) in [4.78, 5) is 27.4. The van der Waals surface area contributed by atoms with Gasteiger partial charge in [-0.15, -0.1) is 5.06 Å². The smallest absolute Gasteiger partial charge is 0.322 e. The average Bonchev–Trinajstić information content (AvgIpc) is 2.24. The lowest BCUT2D eigenvalue weighted by atomic mass is 9.87. The first-order valence-corrected chi connectivity index (χ1v) is 5.30. The summed E-state index contributed by atoms with van der Waals surface area (Å²) in [6.07, 6.45) is 0.461. The van der Waals surface area contributed by atoms with E-state index in [1.165, 1.54) is 12.0 Å². The molecule has 1 atom stereocenters. The van der Waals surface area contributed by atoms with E-state index in [2.05, 4.69) is 0 Å². The monoisotopic (exact) mass is 229 g/mol. The lowest BCUT2D eigenvalue weighted by Crippen LogP contribution is -2.51. The summed E-state index contributed by atoms with van der Waals surface area (Å²) in [5.41, 5.74) is -1.15. The van der Waals surface area contributed by atoms with Crippen molar-refractivity contribution in [1.82, 2.24) is 5.06 Å². The van der Waals surface area contributed by atoms with Crippen LogP contribution in [0.4, 0.5) is 0 Å². The molecule has 1 unspecified atom stereocenters. The third-order valence-electron chi connectivity index (χ3n) is 3.15. The van der Waals surface area contributed by atoms with Crippen LogP contribution in [-0.2, 0) is 14.4 Å². The molecule has 92 valence electrons. The van der Waals surface area contributed by atoms with Crippen LogP contribution in [0.2, 0.25) is 0 Å². The molecule has 0 aromatic carbocycles. The van der Waals surface area contributed by atoms with E-state index in [1.807, 2.05) is 13.8 Å². The van der Waals surface area contributed by atoms with Crippen LogP contribution in [0.25, 0.3) is 0 Å². The molecule has 1 aliphatic rings. The molecular weight excluding hydrogens is 210 g/mol. The Morgan fingerprint density at radius 2 is 1.81 bits per heavy atom. The van der Waals surface area contributed by atoms with Crippen LogP contribution in [0, 0.1) is 5.92 Å². The van der Waals surface area contributed by atoms with E-state index < -0.39 is 28.9 Å². The molecule has 0 spiro atoms. The van der Waals surface area contributed by atoms with Gasteiger partial charge >= 0.3 is 11.9 Å². The number of carbonyl (C=O) groups excluding carboxylic acids is 1. The number of hydrogen-bond acceptors (Lipinski definition) is 4. The third-order valence-corrected chi connectivity index (χ3v) is 3.15. The minimum atomic E-state index is -0.854. The molecule has 0 bridgehead atoms. The van der Waals surface area contributed by atoms with E-state index in [0.717, 1.165) is 0 Å². The molecule has 5 nitrogen and oxygen atoms in total. The molecule has 0 aromatic rings. The van der Waals surface area contributed by atoms with Crippen molar-refractivity contribution >= 4 is 11.9 Å². The normalized spacial score (nSPS) is 27.7. The maximum absolute atomic E-state index is 11.2. The number of rotatable bonds is 2. The van der Waals surface area contributed by atoms with E-state index in [0.29, 0.717) is 6.42 Å². The van der Waals surface area contributed by atoms with Crippen LogP contribution in [0.3, 0.4) is 0 Å². The molecule has 1 rings (SSSR count). The van der Waals surface area contributed by atoms with Crippen molar-refractivity contribution in [1.29, 1.82) is 0 Å². The van der Waals surface area contributed by atoms with Crippen molar-refractivity contribution in [2.24, 2.45) is 5.92 Å².